The van der Waals surface area contributed by atoms with E-state index in [2.05, 4.69) is 24.6 Å². The minimum atomic E-state index is -3.85. The summed E-state index contributed by atoms with van der Waals surface area (Å²) in [5.41, 5.74) is 3.14. The fourth-order valence-electron chi connectivity index (χ4n) is 3.94. The molecule has 0 atom stereocenters. The molecule has 186 valence electrons. The van der Waals surface area contributed by atoms with Gasteiger partial charge in [0.2, 0.25) is 0 Å². The van der Waals surface area contributed by atoms with E-state index in [0.717, 1.165) is 19.3 Å². The highest BCUT2D eigenvalue weighted by Gasteiger charge is 2.31. The van der Waals surface area contributed by atoms with Gasteiger partial charge >= 0.3 is 0 Å². The molecule has 3 aromatic rings. The maximum Gasteiger partial charge on any atom is 0.298 e. The van der Waals surface area contributed by atoms with Crippen molar-refractivity contribution in [3.63, 3.8) is 0 Å². The first-order valence-corrected chi connectivity index (χ1v) is 13.7. The van der Waals surface area contributed by atoms with Crippen LogP contribution in [0.3, 0.4) is 0 Å². The molecule has 1 saturated carbocycles. The van der Waals surface area contributed by atoms with Gasteiger partial charge in [-0.25, -0.2) is 9.40 Å². The third kappa shape index (κ3) is 4.19. The molecule has 2 aromatic carbocycles. The zero-order valence-electron chi connectivity index (χ0n) is 18.5. The first kappa shape index (κ1) is 23.4. The number of pyridine rings is 1. The SMILES string of the molecule is CNS(=O)(=O)Nc1ccc2c(c1)S(O)(O)N=C(c1c(O)c3ccccc3n(NC3CCC3)c1=O)N2. The van der Waals surface area contributed by atoms with Crippen LogP contribution < -0.4 is 25.7 Å². The average Bonchev–Trinajstić information content (AvgIpc) is 2.78. The van der Waals surface area contributed by atoms with Crippen LogP contribution in [0.4, 0.5) is 11.4 Å². The number of nitrogens with one attached hydrogen (secondary N) is 4. The number of rotatable bonds is 6. The topological polar surface area (TPSA) is 177 Å². The van der Waals surface area contributed by atoms with E-state index >= 15 is 0 Å². The monoisotopic (exact) mass is 520 g/mol. The Balaban J connectivity index is 1.62. The van der Waals surface area contributed by atoms with E-state index in [9.17, 15) is 27.4 Å². The predicted octanol–water partition coefficient (Wildman–Crippen LogP) is 2.58. The molecule has 1 aliphatic carbocycles. The van der Waals surface area contributed by atoms with Crippen molar-refractivity contribution in [3.8, 4) is 5.75 Å². The summed E-state index contributed by atoms with van der Waals surface area (Å²) in [5, 5.41) is 14.3. The maximum atomic E-state index is 13.5. The van der Waals surface area contributed by atoms with Crippen LogP contribution in [-0.4, -0.2) is 46.2 Å². The van der Waals surface area contributed by atoms with E-state index in [4.69, 9.17) is 0 Å². The molecular formula is C21H24N6O6S2. The predicted molar refractivity (Wildman–Crippen MR) is 136 cm³/mol. The number of aromatic hydroxyl groups is 1. The zero-order chi connectivity index (χ0) is 25.0. The fourth-order valence-corrected chi connectivity index (χ4v) is 5.67. The Morgan fingerprint density at radius 2 is 1.91 bits per heavy atom. The van der Waals surface area contributed by atoms with Crippen molar-refractivity contribution in [2.75, 3.05) is 22.5 Å². The van der Waals surface area contributed by atoms with Gasteiger partial charge < -0.3 is 15.8 Å². The summed E-state index contributed by atoms with van der Waals surface area (Å²) in [4.78, 5) is 13.5. The normalized spacial score (nSPS) is 18.1. The standard InChI is InChI=1S/C21H24N6O6S2/c1-22-35(32,33)25-13-9-10-15-17(11-13)34(30,31)26-20(23-15)18-19(28)14-7-2-3-8-16(14)27(21(18)29)24-12-5-4-6-12/h2-3,7-12,22,24-25,28,30-31H,4-6H2,1H3,(H,23,26). The molecule has 2 aliphatic rings. The molecule has 0 amide bonds. The Labute approximate surface area is 202 Å². The Kier molecular flexibility index (Phi) is 5.64. The summed E-state index contributed by atoms with van der Waals surface area (Å²) in [6.45, 7) is 0. The van der Waals surface area contributed by atoms with Crippen LogP contribution in [0.5, 0.6) is 5.75 Å². The van der Waals surface area contributed by atoms with Crippen molar-refractivity contribution in [1.29, 1.82) is 0 Å². The molecular weight excluding hydrogens is 496 g/mol. The third-order valence-corrected chi connectivity index (χ3v) is 8.38. The lowest BCUT2D eigenvalue weighted by Crippen LogP contribution is -2.42. The van der Waals surface area contributed by atoms with E-state index in [1.165, 1.54) is 29.9 Å². The largest absolute Gasteiger partial charge is 0.506 e. The van der Waals surface area contributed by atoms with Gasteiger partial charge in [-0.3, -0.25) is 18.6 Å². The van der Waals surface area contributed by atoms with Gasteiger partial charge in [0.05, 0.1) is 16.9 Å². The second kappa shape index (κ2) is 8.42. The lowest BCUT2D eigenvalue weighted by molar-refractivity contribution is 0.414. The van der Waals surface area contributed by atoms with Crippen LogP contribution in [0.25, 0.3) is 10.9 Å². The van der Waals surface area contributed by atoms with Crippen molar-refractivity contribution in [1.82, 2.24) is 9.40 Å². The molecule has 1 fully saturated rings. The maximum absolute atomic E-state index is 13.5. The van der Waals surface area contributed by atoms with Gasteiger partial charge in [0.1, 0.15) is 16.2 Å². The molecule has 0 unspecified atom stereocenters. The third-order valence-electron chi connectivity index (χ3n) is 5.98. The molecule has 0 radical (unpaired) electrons. The minimum Gasteiger partial charge on any atom is -0.506 e. The van der Waals surface area contributed by atoms with Crippen LogP contribution in [0.15, 0.2) is 56.6 Å². The Morgan fingerprint density at radius 1 is 1.17 bits per heavy atom. The van der Waals surface area contributed by atoms with Crippen molar-refractivity contribution >= 4 is 49.1 Å². The highest BCUT2D eigenvalue weighted by atomic mass is 32.3. The van der Waals surface area contributed by atoms with Crippen LogP contribution in [0.1, 0.15) is 24.8 Å². The molecule has 1 aliphatic heterocycles. The van der Waals surface area contributed by atoms with Crippen molar-refractivity contribution in [2.45, 2.75) is 30.2 Å². The number of benzene rings is 2. The summed E-state index contributed by atoms with van der Waals surface area (Å²) in [7, 11) is -6.45. The molecule has 35 heavy (non-hydrogen) atoms. The first-order chi connectivity index (χ1) is 16.6. The van der Waals surface area contributed by atoms with E-state index in [-0.39, 0.29) is 39.5 Å². The summed E-state index contributed by atoms with van der Waals surface area (Å²) < 4.78 is 54.9. The summed E-state index contributed by atoms with van der Waals surface area (Å²) in [6, 6.07) is 11.0. The lowest BCUT2D eigenvalue weighted by atomic mass is 9.94. The van der Waals surface area contributed by atoms with Gasteiger partial charge in [-0.05, 0) is 49.6 Å². The first-order valence-electron chi connectivity index (χ1n) is 10.7. The number of para-hydroxylation sites is 1. The minimum absolute atomic E-state index is 0.0641. The number of aromatic nitrogens is 1. The van der Waals surface area contributed by atoms with Gasteiger partial charge in [0.25, 0.3) is 15.8 Å². The molecule has 2 heterocycles. The second-order valence-electron chi connectivity index (χ2n) is 8.24. The number of anilines is 2. The fraction of sp³-hybridized carbons (Fsp3) is 0.238. The Hall–Kier alpha value is -3.30. The summed E-state index contributed by atoms with van der Waals surface area (Å²) >= 11 is 0. The highest BCUT2D eigenvalue weighted by molar-refractivity contribution is 8.23. The molecule has 12 nitrogen and oxygen atoms in total. The van der Waals surface area contributed by atoms with E-state index in [1.54, 1.807) is 24.3 Å². The van der Waals surface area contributed by atoms with Gasteiger partial charge in [-0.1, -0.05) is 22.9 Å². The van der Waals surface area contributed by atoms with E-state index in [1.807, 2.05) is 0 Å². The lowest BCUT2D eigenvalue weighted by Gasteiger charge is -2.35. The van der Waals surface area contributed by atoms with Crippen molar-refractivity contribution in [2.24, 2.45) is 4.40 Å². The zero-order valence-corrected chi connectivity index (χ0v) is 20.2. The van der Waals surface area contributed by atoms with Gasteiger partial charge in [0, 0.05) is 18.5 Å². The molecule has 5 rings (SSSR count). The van der Waals surface area contributed by atoms with Crippen molar-refractivity contribution in [3.05, 3.63) is 58.4 Å². The van der Waals surface area contributed by atoms with Crippen LogP contribution in [0.2, 0.25) is 0 Å². The van der Waals surface area contributed by atoms with Crippen molar-refractivity contribution < 1.29 is 22.6 Å². The smallest absolute Gasteiger partial charge is 0.298 e. The Bertz CT molecular complexity index is 1530. The van der Waals surface area contributed by atoms with Crippen LogP contribution in [0, 0.1) is 0 Å². The molecule has 14 heteroatoms. The number of amidine groups is 1. The van der Waals surface area contributed by atoms with Gasteiger partial charge in [0.15, 0.2) is 5.84 Å². The van der Waals surface area contributed by atoms with Gasteiger partial charge in [-0.15, -0.1) is 4.40 Å². The average molecular weight is 521 g/mol. The molecule has 0 spiro atoms. The number of hydrogen-bond acceptors (Lipinski definition) is 9. The molecule has 1 aromatic heterocycles. The summed E-state index contributed by atoms with van der Waals surface area (Å²) in [6.07, 6.45) is 2.86. The van der Waals surface area contributed by atoms with Gasteiger partial charge in [-0.2, -0.15) is 8.42 Å². The second-order valence-corrected chi connectivity index (χ2v) is 11.5. The summed E-state index contributed by atoms with van der Waals surface area (Å²) in [5.74, 6) is -0.556. The van der Waals surface area contributed by atoms with E-state index < -0.39 is 26.5 Å². The number of fused-ring (bicyclic) bond motifs is 2. The van der Waals surface area contributed by atoms with Crippen LogP contribution >= 0.6 is 10.8 Å². The molecule has 0 saturated heterocycles. The molecule has 7 N–H and O–H groups in total. The Morgan fingerprint density at radius 3 is 2.60 bits per heavy atom. The molecule has 0 bridgehead atoms. The quantitative estimate of drug-likeness (QED) is 0.259. The van der Waals surface area contributed by atoms with Crippen LogP contribution in [-0.2, 0) is 10.2 Å². The highest BCUT2D eigenvalue weighted by Crippen LogP contribution is 2.56. The number of hydrogen-bond donors (Lipinski definition) is 7. The van der Waals surface area contributed by atoms with E-state index in [0.29, 0.717) is 10.9 Å². The number of nitrogens with zero attached hydrogens (tertiary/aromatic N) is 2.